The van der Waals surface area contributed by atoms with Crippen molar-refractivity contribution in [2.75, 3.05) is 6.54 Å². The van der Waals surface area contributed by atoms with E-state index < -0.39 is 0 Å². The average molecular weight is 322 g/mol. The summed E-state index contributed by atoms with van der Waals surface area (Å²) in [6.07, 6.45) is 3.01. The van der Waals surface area contributed by atoms with Crippen LogP contribution in [0.15, 0.2) is 18.3 Å². The maximum absolute atomic E-state index is 6.00. The molecule has 5 heteroatoms. The fourth-order valence-electron chi connectivity index (χ4n) is 2.53. The molecule has 3 rings (SSSR count). The Labute approximate surface area is 135 Å². The number of thiophene rings is 1. The standard InChI is InChI=1S/C16H20ClN3S/c1-16(2,3)15-18-8-11-9-20(7-6-13(11)19-15)10-12-4-5-14(17)21-12/h4-5,8H,6-7,9-10H2,1-3H3. The van der Waals surface area contributed by atoms with E-state index in [-0.39, 0.29) is 5.41 Å². The highest BCUT2D eigenvalue weighted by molar-refractivity contribution is 7.16. The van der Waals surface area contributed by atoms with Gasteiger partial charge in [0, 0.05) is 53.8 Å². The van der Waals surface area contributed by atoms with Crippen molar-refractivity contribution in [3.63, 3.8) is 0 Å². The summed E-state index contributed by atoms with van der Waals surface area (Å²) in [5, 5.41) is 0. The molecule has 3 nitrogen and oxygen atoms in total. The highest BCUT2D eigenvalue weighted by Gasteiger charge is 2.23. The molecule has 1 aliphatic rings. The minimum Gasteiger partial charge on any atom is -0.293 e. The number of fused-ring (bicyclic) bond motifs is 1. The van der Waals surface area contributed by atoms with Gasteiger partial charge in [0.25, 0.3) is 0 Å². The molecule has 0 saturated heterocycles. The van der Waals surface area contributed by atoms with Crippen LogP contribution in [0.3, 0.4) is 0 Å². The molecule has 112 valence electrons. The summed E-state index contributed by atoms with van der Waals surface area (Å²) in [6.45, 7) is 9.40. The first-order valence-electron chi connectivity index (χ1n) is 7.23. The van der Waals surface area contributed by atoms with Crippen LogP contribution in [-0.2, 0) is 24.9 Å². The lowest BCUT2D eigenvalue weighted by Crippen LogP contribution is -2.31. The third-order valence-corrected chi connectivity index (χ3v) is 4.91. The zero-order chi connectivity index (χ0) is 15.0. The van der Waals surface area contributed by atoms with Crippen molar-refractivity contribution in [3.05, 3.63) is 44.6 Å². The number of rotatable bonds is 2. The van der Waals surface area contributed by atoms with Crippen LogP contribution in [0.25, 0.3) is 0 Å². The topological polar surface area (TPSA) is 29.0 Å². The van der Waals surface area contributed by atoms with Gasteiger partial charge in [-0.25, -0.2) is 9.97 Å². The minimum absolute atomic E-state index is 0.0138. The van der Waals surface area contributed by atoms with Crippen LogP contribution in [-0.4, -0.2) is 21.4 Å². The normalized spacial score (nSPS) is 16.0. The number of aromatic nitrogens is 2. The monoisotopic (exact) mass is 321 g/mol. The SMILES string of the molecule is CC(C)(C)c1ncc2c(n1)CCN(Cc1ccc(Cl)s1)C2. The fourth-order valence-corrected chi connectivity index (χ4v) is 3.66. The second kappa shape index (κ2) is 5.67. The van der Waals surface area contributed by atoms with E-state index in [0.717, 1.165) is 36.2 Å². The van der Waals surface area contributed by atoms with E-state index in [9.17, 15) is 0 Å². The Hall–Kier alpha value is -0.970. The highest BCUT2D eigenvalue weighted by atomic mass is 35.5. The van der Waals surface area contributed by atoms with Crippen LogP contribution >= 0.6 is 22.9 Å². The molecule has 1 aliphatic heterocycles. The molecular formula is C16H20ClN3S. The summed E-state index contributed by atoms with van der Waals surface area (Å²) in [5.74, 6) is 0.944. The van der Waals surface area contributed by atoms with E-state index in [1.165, 1.54) is 16.1 Å². The molecule has 0 atom stereocenters. The summed E-state index contributed by atoms with van der Waals surface area (Å²) < 4.78 is 0.862. The molecule has 0 saturated carbocycles. The van der Waals surface area contributed by atoms with Gasteiger partial charge in [-0.05, 0) is 12.1 Å². The first-order chi connectivity index (χ1) is 9.91. The van der Waals surface area contributed by atoms with Crippen molar-refractivity contribution >= 4 is 22.9 Å². The molecular weight excluding hydrogens is 302 g/mol. The number of hydrogen-bond acceptors (Lipinski definition) is 4. The second-order valence-electron chi connectivity index (χ2n) is 6.58. The smallest absolute Gasteiger partial charge is 0.133 e. The molecule has 0 radical (unpaired) electrons. The molecule has 0 unspecified atom stereocenters. The molecule has 21 heavy (non-hydrogen) atoms. The van der Waals surface area contributed by atoms with Crippen molar-refractivity contribution in [2.45, 2.75) is 45.7 Å². The molecule has 0 fully saturated rings. The van der Waals surface area contributed by atoms with E-state index >= 15 is 0 Å². The Morgan fingerprint density at radius 1 is 1.33 bits per heavy atom. The number of nitrogens with zero attached hydrogens (tertiary/aromatic N) is 3. The lowest BCUT2D eigenvalue weighted by molar-refractivity contribution is 0.244. The first kappa shape index (κ1) is 14.9. The number of hydrogen-bond donors (Lipinski definition) is 0. The lowest BCUT2D eigenvalue weighted by Gasteiger charge is -2.28. The van der Waals surface area contributed by atoms with E-state index in [1.807, 2.05) is 12.3 Å². The fraction of sp³-hybridized carbons (Fsp3) is 0.500. The van der Waals surface area contributed by atoms with Gasteiger partial charge in [-0.3, -0.25) is 4.90 Å². The maximum Gasteiger partial charge on any atom is 0.133 e. The Balaban J connectivity index is 1.74. The van der Waals surface area contributed by atoms with Gasteiger partial charge in [0.15, 0.2) is 0 Å². The van der Waals surface area contributed by atoms with Crippen LogP contribution in [0.4, 0.5) is 0 Å². The molecule has 3 heterocycles. The summed E-state index contributed by atoms with van der Waals surface area (Å²) in [7, 11) is 0. The van der Waals surface area contributed by atoms with Crippen molar-refractivity contribution in [3.8, 4) is 0 Å². The predicted molar refractivity (Wildman–Crippen MR) is 87.9 cm³/mol. The van der Waals surface area contributed by atoms with Crippen LogP contribution in [0.2, 0.25) is 4.34 Å². The van der Waals surface area contributed by atoms with Gasteiger partial charge in [-0.15, -0.1) is 11.3 Å². The van der Waals surface area contributed by atoms with Gasteiger partial charge < -0.3 is 0 Å². The maximum atomic E-state index is 6.00. The van der Waals surface area contributed by atoms with Crippen molar-refractivity contribution in [1.29, 1.82) is 0 Å². The van der Waals surface area contributed by atoms with Gasteiger partial charge >= 0.3 is 0 Å². The largest absolute Gasteiger partial charge is 0.293 e. The van der Waals surface area contributed by atoms with Crippen molar-refractivity contribution < 1.29 is 0 Å². The zero-order valence-corrected chi connectivity index (χ0v) is 14.3. The Bertz CT molecular complexity index is 645. The molecule has 0 aromatic carbocycles. The quantitative estimate of drug-likeness (QED) is 0.835. The van der Waals surface area contributed by atoms with Gasteiger partial charge in [0.1, 0.15) is 5.82 Å². The van der Waals surface area contributed by atoms with Crippen LogP contribution in [0, 0.1) is 0 Å². The number of halogens is 1. The van der Waals surface area contributed by atoms with Crippen LogP contribution < -0.4 is 0 Å². The minimum atomic E-state index is 0.0138. The van der Waals surface area contributed by atoms with Crippen LogP contribution in [0.5, 0.6) is 0 Å². The second-order valence-corrected chi connectivity index (χ2v) is 8.38. The zero-order valence-electron chi connectivity index (χ0n) is 12.7. The molecule has 2 aromatic heterocycles. The summed E-state index contributed by atoms with van der Waals surface area (Å²) >= 11 is 7.66. The summed E-state index contributed by atoms with van der Waals surface area (Å²) in [4.78, 5) is 13.1. The average Bonchev–Trinajstić information content (AvgIpc) is 2.82. The lowest BCUT2D eigenvalue weighted by atomic mass is 9.95. The van der Waals surface area contributed by atoms with Crippen molar-refractivity contribution in [1.82, 2.24) is 14.9 Å². The van der Waals surface area contributed by atoms with E-state index in [0.29, 0.717) is 0 Å². The van der Waals surface area contributed by atoms with E-state index in [2.05, 4.69) is 36.7 Å². The van der Waals surface area contributed by atoms with E-state index in [4.69, 9.17) is 16.6 Å². The first-order valence-corrected chi connectivity index (χ1v) is 8.43. The van der Waals surface area contributed by atoms with E-state index in [1.54, 1.807) is 11.3 Å². The molecule has 2 aromatic rings. The van der Waals surface area contributed by atoms with Crippen LogP contribution in [0.1, 0.15) is 42.7 Å². The Morgan fingerprint density at radius 2 is 2.14 bits per heavy atom. The molecule has 0 bridgehead atoms. The Morgan fingerprint density at radius 3 is 2.81 bits per heavy atom. The molecule has 0 spiro atoms. The predicted octanol–water partition coefficient (Wildman–Crippen LogP) is 4.05. The Kier molecular flexibility index (Phi) is 4.04. The molecule has 0 N–H and O–H groups in total. The summed E-state index contributed by atoms with van der Waals surface area (Å²) in [6, 6.07) is 4.08. The van der Waals surface area contributed by atoms with Gasteiger partial charge in [-0.1, -0.05) is 32.4 Å². The molecule has 0 aliphatic carbocycles. The van der Waals surface area contributed by atoms with Gasteiger partial charge in [0.05, 0.1) is 4.34 Å². The summed E-state index contributed by atoms with van der Waals surface area (Å²) in [5.41, 5.74) is 2.49. The third kappa shape index (κ3) is 3.44. The highest BCUT2D eigenvalue weighted by Crippen LogP contribution is 2.26. The van der Waals surface area contributed by atoms with Gasteiger partial charge in [0.2, 0.25) is 0 Å². The van der Waals surface area contributed by atoms with Gasteiger partial charge in [-0.2, -0.15) is 0 Å². The van der Waals surface area contributed by atoms with Crippen molar-refractivity contribution in [2.24, 2.45) is 0 Å². The molecule has 0 amide bonds. The third-order valence-electron chi connectivity index (χ3n) is 3.69.